The molecule has 0 unspecified atom stereocenters. The van der Waals surface area contributed by atoms with Crippen molar-refractivity contribution in [2.45, 2.75) is 25.7 Å². The van der Waals surface area contributed by atoms with Gasteiger partial charge in [0.2, 0.25) is 11.8 Å². The van der Waals surface area contributed by atoms with Gasteiger partial charge in [-0.05, 0) is 25.7 Å². The molecule has 2 heterocycles. The molecule has 0 aliphatic carbocycles. The highest BCUT2D eigenvalue weighted by Gasteiger charge is 2.20. The molecule has 0 saturated carbocycles. The number of hydrogen-bond donors (Lipinski definition) is 0. The Balaban J connectivity index is 1.61. The average Bonchev–Trinajstić information content (AvgIpc) is 3.02. The molecule has 5 heteroatoms. The van der Waals surface area contributed by atoms with Gasteiger partial charge >= 0.3 is 0 Å². The van der Waals surface area contributed by atoms with Crippen LogP contribution < -0.4 is 0 Å². The highest BCUT2D eigenvalue weighted by atomic mass is 16.5. The summed E-state index contributed by atoms with van der Waals surface area (Å²) in [5.74, 6) is 0.0217. The van der Waals surface area contributed by atoms with E-state index in [4.69, 9.17) is 4.74 Å². The largest absolute Gasteiger partial charge is 0.362 e. The van der Waals surface area contributed by atoms with Crippen LogP contribution in [-0.2, 0) is 14.3 Å². The lowest BCUT2D eigenvalue weighted by Crippen LogP contribution is -2.35. The van der Waals surface area contributed by atoms with Crippen molar-refractivity contribution in [3.05, 3.63) is 0 Å². The summed E-state index contributed by atoms with van der Waals surface area (Å²) in [5, 5.41) is 0. The standard InChI is InChI=1S/C12H20N2O3/c15-11(13-5-1-2-6-13)9-17-10-12(16)14-7-3-4-8-14/h1-10H2. The minimum Gasteiger partial charge on any atom is -0.362 e. The molecule has 0 radical (unpaired) electrons. The lowest BCUT2D eigenvalue weighted by Gasteiger charge is -2.17. The second-order valence-electron chi connectivity index (χ2n) is 4.67. The first-order chi connectivity index (χ1) is 8.27. The third kappa shape index (κ3) is 3.43. The van der Waals surface area contributed by atoms with Gasteiger partial charge in [-0.3, -0.25) is 9.59 Å². The molecule has 2 aliphatic heterocycles. The van der Waals surface area contributed by atoms with Crippen LogP contribution in [0.1, 0.15) is 25.7 Å². The van der Waals surface area contributed by atoms with Crippen LogP contribution in [-0.4, -0.2) is 61.0 Å². The lowest BCUT2D eigenvalue weighted by atomic mass is 10.4. The van der Waals surface area contributed by atoms with Gasteiger partial charge < -0.3 is 14.5 Å². The molecule has 2 aliphatic rings. The quantitative estimate of drug-likeness (QED) is 0.707. The summed E-state index contributed by atoms with van der Waals surface area (Å²) in [6.07, 6.45) is 4.33. The smallest absolute Gasteiger partial charge is 0.248 e. The van der Waals surface area contributed by atoms with Gasteiger partial charge in [0.05, 0.1) is 0 Å². The Morgan fingerprint density at radius 2 is 1.12 bits per heavy atom. The molecule has 2 amide bonds. The van der Waals surface area contributed by atoms with Crippen LogP contribution in [0.3, 0.4) is 0 Å². The predicted octanol–water partition coefficient (Wildman–Crippen LogP) is 0.248. The number of carbonyl (C=O) groups is 2. The van der Waals surface area contributed by atoms with Crippen molar-refractivity contribution in [2.75, 3.05) is 39.4 Å². The molecular formula is C12H20N2O3. The van der Waals surface area contributed by atoms with Gasteiger partial charge in [-0.1, -0.05) is 0 Å². The second-order valence-corrected chi connectivity index (χ2v) is 4.67. The van der Waals surface area contributed by atoms with Gasteiger partial charge in [-0.15, -0.1) is 0 Å². The number of hydrogen-bond acceptors (Lipinski definition) is 3. The van der Waals surface area contributed by atoms with Gasteiger partial charge in [0.1, 0.15) is 13.2 Å². The summed E-state index contributed by atoms with van der Waals surface area (Å²) in [7, 11) is 0. The zero-order valence-corrected chi connectivity index (χ0v) is 10.2. The van der Waals surface area contributed by atoms with Gasteiger partial charge in [-0.25, -0.2) is 0 Å². The van der Waals surface area contributed by atoms with Crippen LogP contribution in [0.25, 0.3) is 0 Å². The summed E-state index contributed by atoms with van der Waals surface area (Å²) in [6.45, 7) is 3.42. The first-order valence-corrected chi connectivity index (χ1v) is 6.40. The van der Waals surface area contributed by atoms with Crippen molar-refractivity contribution in [1.82, 2.24) is 9.80 Å². The molecule has 0 bridgehead atoms. The zero-order valence-electron chi connectivity index (χ0n) is 10.2. The molecule has 2 fully saturated rings. The Bertz CT molecular complexity index is 253. The SMILES string of the molecule is O=C(COCC(=O)N1CCCC1)N1CCCC1. The van der Waals surface area contributed by atoms with E-state index in [9.17, 15) is 9.59 Å². The molecule has 0 atom stereocenters. The van der Waals surface area contributed by atoms with Crippen LogP contribution in [0.2, 0.25) is 0 Å². The number of ether oxygens (including phenoxy) is 1. The summed E-state index contributed by atoms with van der Waals surface area (Å²) in [4.78, 5) is 26.9. The fourth-order valence-corrected chi connectivity index (χ4v) is 2.34. The van der Waals surface area contributed by atoms with E-state index in [1.165, 1.54) is 0 Å². The van der Waals surface area contributed by atoms with Crippen LogP contribution in [0.15, 0.2) is 0 Å². The average molecular weight is 240 g/mol. The molecule has 5 nitrogen and oxygen atoms in total. The van der Waals surface area contributed by atoms with Crippen LogP contribution >= 0.6 is 0 Å². The summed E-state index contributed by atoms with van der Waals surface area (Å²) in [6, 6.07) is 0. The predicted molar refractivity (Wildman–Crippen MR) is 62.4 cm³/mol. The van der Waals surface area contributed by atoms with Crippen molar-refractivity contribution in [3.8, 4) is 0 Å². The molecule has 17 heavy (non-hydrogen) atoms. The van der Waals surface area contributed by atoms with E-state index in [-0.39, 0.29) is 25.0 Å². The molecular weight excluding hydrogens is 220 g/mol. The Kier molecular flexibility index (Phi) is 4.36. The summed E-state index contributed by atoms with van der Waals surface area (Å²) < 4.78 is 5.20. The Morgan fingerprint density at radius 3 is 1.47 bits per heavy atom. The van der Waals surface area contributed by atoms with E-state index < -0.39 is 0 Å². The molecule has 2 rings (SSSR count). The molecule has 0 aromatic heterocycles. The fraction of sp³-hybridized carbons (Fsp3) is 0.833. The third-order valence-corrected chi connectivity index (χ3v) is 3.37. The maximum Gasteiger partial charge on any atom is 0.248 e. The van der Waals surface area contributed by atoms with Crippen LogP contribution in [0, 0.1) is 0 Å². The van der Waals surface area contributed by atoms with E-state index in [2.05, 4.69) is 0 Å². The van der Waals surface area contributed by atoms with Crippen LogP contribution in [0.5, 0.6) is 0 Å². The van der Waals surface area contributed by atoms with Gasteiger partial charge in [0, 0.05) is 26.2 Å². The number of carbonyl (C=O) groups excluding carboxylic acids is 2. The van der Waals surface area contributed by atoms with Crippen molar-refractivity contribution in [2.24, 2.45) is 0 Å². The lowest BCUT2D eigenvalue weighted by molar-refractivity contribution is -0.140. The molecule has 0 aromatic rings. The number of nitrogens with zero attached hydrogens (tertiary/aromatic N) is 2. The van der Waals surface area contributed by atoms with E-state index in [1.807, 2.05) is 0 Å². The highest BCUT2D eigenvalue weighted by molar-refractivity contribution is 5.80. The molecule has 96 valence electrons. The first-order valence-electron chi connectivity index (χ1n) is 6.40. The molecule has 0 spiro atoms. The topological polar surface area (TPSA) is 49.9 Å². The summed E-state index contributed by atoms with van der Waals surface area (Å²) in [5.41, 5.74) is 0. The number of rotatable bonds is 4. The zero-order chi connectivity index (χ0) is 12.1. The second kappa shape index (κ2) is 6.00. The van der Waals surface area contributed by atoms with E-state index >= 15 is 0 Å². The van der Waals surface area contributed by atoms with Gasteiger partial charge in [0.15, 0.2) is 0 Å². The summed E-state index contributed by atoms with van der Waals surface area (Å²) >= 11 is 0. The van der Waals surface area contributed by atoms with Crippen molar-refractivity contribution in [1.29, 1.82) is 0 Å². The maximum atomic E-state index is 11.6. The number of amides is 2. The molecule has 2 saturated heterocycles. The molecule has 0 N–H and O–H groups in total. The van der Waals surface area contributed by atoms with Crippen molar-refractivity contribution in [3.63, 3.8) is 0 Å². The minimum atomic E-state index is 0.0109. The van der Waals surface area contributed by atoms with Crippen molar-refractivity contribution >= 4 is 11.8 Å². The normalized spacial score (nSPS) is 20.0. The fourth-order valence-electron chi connectivity index (χ4n) is 2.34. The monoisotopic (exact) mass is 240 g/mol. The van der Waals surface area contributed by atoms with E-state index in [0.29, 0.717) is 0 Å². The van der Waals surface area contributed by atoms with E-state index in [1.54, 1.807) is 9.80 Å². The molecule has 0 aromatic carbocycles. The Morgan fingerprint density at radius 1 is 0.765 bits per heavy atom. The van der Waals surface area contributed by atoms with Crippen molar-refractivity contribution < 1.29 is 14.3 Å². The van der Waals surface area contributed by atoms with Gasteiger partial charge in [0.25, 0.3) is 0 Å². The number of likely N-dealkylation sites (tertiary alicyclic amines) is 2. The third-order valence-electron chi connectivity index (χ3n) is 3.37. The van der Waals surface area contributed by atoms with Gasteiger partial charge in [-0.2, -0.15) is 0 Å². The minimum absolute atomic E-state index is 0.0109. The highest BCUT2D eigenvalue weighted by Crippen LogP contribution is 2.08. The first kappa shape index (κ1) is 12.4. The Hall–Kier alpha value is -1.10. The van der Waals surface area contributed by atoms with E-state index in [0.717, 1.165) is 51.9 Å². The van der Waals surface area contributed by atoms with Crippen LogP contribution in [0.4, 0.5) is 0 Å². The Labute approximate surface area is 102 Å². The maximum absolute atomic E-state index is 11.6.